The van der Waals surface area contributed by atoms with Gasteiger partial charge >= 0.3 is 6.18 Å². The van der Waals surface area contributed by atoms with Gasteiger partial charge in [-0.3, -0.25) is 9.89 Å². The quantitative estimate of drug-likeness (QED) is 0.717. The summed E-state index contributed by atoms with van der Waals surface area (Å²) < 4.78 is 44.5. The van der Waals surface area contributed by atoms with Gasteiger partial charge in [-0.2, -0.15) is 18.3 Å². The van der Waals surface area contributed by atoms with Crippen LogP contribution in [0, 0.1) is 0 Å². The molecule has 1 aromatic carbocycles. The SMILES string of the molecule is NC(=O)c1sc(Oc2cccc(C(F)(F)F)c2)c2c1CCc1cn[nH]c1-2. The highest BCUT2D eigenvalue weighted by Crippen LogP contribution is 2.48. The molecule has 9 heteroatoms. The number of aromatic nitrogens is 2. The summed E-state index contributed by atoms with van der Waals surface area (Å²) in [5.41, 5.74) is 7.69. The van der Waals surface area contributed by atoms with Crippen molar-refractivity contribution in [3.05, 3.63) is 52.0 Å². The van der Waals surface area contributed by atoms with Crippen LogP contribution in [0.2, 0.25) is 0 Å². The van der Waals surface area contributed by atoms with Gasteiger partial charge in [0.25, 0.3) is 5.91 Å². The molecular formula is C17H12F3N3O2S. The van der Waals surface area contributed by atoms with Gasteiger partial charge in [0.15, 0.2) is 5.06 Å². The molecule has 2 heterocycles. The molecule has 0 bridgehead atoms. The molecule has 26 heavy (non-hydrogen) atoms. The number of nitrogens with one attached hydrogen (secondary N) is 1. The van der Waals surface area contributed by atoms with E-state index in [0.717, 1.165) is 34.6 Å². The minimum absolute atomic E-state index is 0.0338. The normalized spacial score (nSPS) is 13.2. The van der Waals surface area contributed by atoms with Crippen LogP contribution in [0.5, 0.6) is 10.8 Å². The molecule has 3 aromatic rings. The maximum Gasteiger partial charge on any atom is 0.416 e. The van der Waals surface area contributed by atoms with Crippen LogP contribution < -0.4 is 10.5 Å². The topological polar surface area (TPSA) is 81.0 Å². The highest BCUT2D eigenvalue weighted by molar-refractivity contribution is 7.16. The number of carbonyl (C=O) groups is 1. The zero-order chi connectivity index (χ0) is 18.5. The van der Waals surface area contributed by atoms with Gasteiger partial charge in [-0.05, 0) is 42.2 Å². The fraction of sp³-hybridized carbons (Fsp3) is 0.176. The maximum atomic E-state index is 12.9. The van der Waals surface area contributed by atoms with Crippen LogP contribution in [0.1, 0.15) is 26.4 Å². The van der Waals surface area contributed by atoms with Gasteiger partial charge in [-0.15, -0.1) is 0 Å². The molecule has 0 fully saturated rings. The molecule has 0 atom stereocenters. The molecule has 0 spiro atoms. The van der Waals surface area contributed by atoms with E-state index in [2.05, 4.69) is 10.2 Å². The molecule has 134 valence electrons. The van der Waals surface area contributed by atoms with Crippen LogP contribution in [0.15, 0.2) is 30.5 Å². The Kier molecular flexibility index (Phi) is 3.76. The molecule has 3 N–H and O–H groups in total. The smallest absolute Gasteiger partial charge is 0.416 e. The molecule has 0 radical (unpaired) electrons. The second kappa shape index (κ2) is 5.87. The van der Waals surface area contributed by atoms with E-state index in [-0.39, 0.29) is 5.75 Å². The Labute approximate surface area is 149 Å². The number of thiophene rings is 1. The minimum atomic E-state index is -4.47. The average molecular weight is 379 g/mol. The summed E-state index contributed by atoms with van der Waals surface area (Å²) in [6.07, 6.45) is -1.50. The molecule has 1 aliphatic carbocycles. The number of nitrogens with zero attached hydrogens (tertiary/aromatic N) is 1. The first-order chi connectivity index (χ1) is 12.3. The lowest BCUT2D eigenvalue weighted by atomic mass is 9.92. The van der Waals surface area contributed by atoms with Crippen molar-refractivity contribution in [2.24, 2.45) is 5.73 Å². The number of aryl methyl sites for hydroxylation is 1. The molecule has 1 amide bonds. The summed E-state index contributed by atoms with van der Waals surface area (Å²) in [4.78, 5) is 12.1. The Balaban J connectivity index is 1.80. The third-order valence-corrected chi connectivity index (χ3v) is 5.31. The predicted molar refractivity (Wildman–Crippen MR) is 89.3 cm³/mol. The summed E-state index contributed by atoms with van der Waals surface area (Å²) >= 11 is 1.03. The molecular weight excluding hydrogens is 367 g/mol. The third kappa shape index (κ3) is 2.74. The number of nitrogens with two attached hydrogens (primary N) is 1. The Bertz CT molecular complexity index is 1010. The first-order valence-electron chi connectivity index (χ1n) is 7.68. The van der Waals surface area contributed by atoms with Gasteiger partial charge in [0.1, 0.15) is 5.75 Å². The van der Waals surface area contributed by atoms with Gasteiger partial charge in [-0.1, -0.05) is 17.4 Å². The third-order valence-electron chi connectivity index (χ3n) is 4.18. The molecule has 0 unspecified atom stereocenters. The molecule has 0 saturated heterocycles. The van der Waals surface area contributed by atoms with Crippen molar-refractivity contribution < 1.29 is 22.7 Å². The lowest BCUT2D eigenvalue weighted by Crippen LogP contribution is -2.13. The van der Waals surface area contributed by atoms with Crippen molar-refractivity contribution in [2.45, 2.75) is 19.0 Å². The van der Waals surface area contributed by atoms with E-state index in [9.17, 15) is 18.0 Å². The first kappa shape index (κ1) is 16.6. The lowest BCUT2D eigenvalue weighted by Gasteiger charge is -2.14. The Morgan fingerprint density at radius 2 is 2.12 bits per heavy atom. The number of ether oxygens (including phenoxy) is 1. The van der Waals surface area contributed by atoms with Crippen molar-refractivity contribution in [3.8, 4) is 22.1 Å². The Hall–Kier alpha value is -2.81. The van der Waals surface area contributed by atoms with Crippen LogP contribution >= 0.6 is 11.3 Å². The van der Waals surface area contributed by atoms with E-state index in [1.54, 1.807) is 6.20 Å². The van der Waals surface area contributed by atoms with Crippen molar-refractivity contribution in [2.75, 3.05) is 0 Å². The van der Waals surface area contributed by atoms with E-state index in [1.807, 2.05) is 0 Å². The molecule has 0 aliphatic heterocycles. The first-order valence-corrected chi connectivity index (χ1v) is 8.49. The van der Waals surface area contributed by atoms with Gasteiger partial charge in [0, 0.05) is 0 Å². The number of amides is 1. The number of alkyl halides is 3. The summed E-state index contributed by atoms with van der Waals surface area (Å²) in [7, 11) is 0. The predicted octanol–water partition coefficient (Wildman–Crippen LogP) is 4.15. The molecule has 2 aromatic heterocycles. The molecule has 5 nitrogen and oxygen atoms in total. The number of hydrogen-bond acceptors (Lipinski definition) is 4. The van der Waals surface area contributed by atoms with Crippen molar-refractivity contribution in [1.82, 2.24) is 10.2 Å². The molecule has 1 aliphatic rings. The summed E-state index contributed by atoms with van der Waals surface area (Å²) in [6, 6.07) is 4.60. The van der Waals surface area contributed by atoms with E-state index >= 15 is 0 Å². The number of aromatic amines is 1. The largest absolute Gasteiger partial charge is 0.446 e. The van der Waals surface area contributed by atoms with Gasteiger partial charge < -0.3 is 10.5 Å². The summed E-state index contributed by atoms with van der Waals surface area (Å²) in [5.74, 6) is -0.556. The van der Waals surface area contributed by atoms with Crippen LogP contribution in [0.25, 0.3) is 11.3 Å². The van der Waals surface area contributed by atoms with Crippen LogP contribution in [-0.4, -0.2) is 16.1 Å². The zero-order valence-corrected chi connectivity index (χ0v) is 14.0. The monoisotopic (exact) mass is 379 g/mol. The number of primary amides is 1. The number of H-pyrrole nitrogens is 1. The number of rotatable bonds is 3. The second-order valence-corrected chi connectivity index (χ2v) is 6.82. The van der Waals surface area contributed by atoms with E-state index in [4.69, 9.17) is 10.5 Å². The zero-order valence-electron chi connectivity index (χ0n) is 13.2. The number of hydrogen-bond donors (Lipinski definition) is 2. The van der Waals surface area contributed by atoms with Gasteiger partial charge in [0.2, 0.25) is 0 Å². The lowest BCUT2D eigenvalue weighted by molar-refractivity contribution is -0.137. The van der Waals surface area contributed by atoms with Crippen molar-refractivity contribution >= 4 is 17.2 Å². The highest BCUT2D eigenvalue weighted by Gasteiger charge is 2.32. The van der Waals surface area contributed by atoms with E-state index in [1.165, 1.54) is 12.1 Å². The number of fused-ring (bicyclic) bond motifs is 3. The van der Waals surface area contributed by atoms with Crippen LogP contribution in [0.3, 0.4) is 0 Å². The number of benzene rings is 1. The fourth-order valence-electron chi connectivity index (χ4n) is 3.02. The van der Waals surface area contributed by atoms with Gasteiger partial charge in [-0.25, -0.2) is 0 Å². The summed E-state index contributed by atoms with van der Waals surface area (Å²) in [5, 5.41) is 7.20. The Morgan fingerprint density at radius 3 is 2.85 bits per heavy atom. The average Bonchev–Trinajstić information content (AvgIpc) is 3.18. The van der Waals surface area contributed by atoms with Crippen molar-refractivity contribution in [1.29, 1.82) is 0 Å². The molecule has 0 saturated carbocycles. The highest BCUT2D eigenvalue weighted by atomic mass is 32.1. The summed E-state index contributed by atoms with van der Waals surface area (Å²) in [6.45, 7) is 0. The minimum Gasteiger partial charge on any atom is -0.446 e. The fourth-order valence-corrected chi connectivity index (χ4v) is 4.10. The maximum absolute atomic E-state index is 12.9. The van der Waals surface area contributed by atoms with Gasteiger partial charge in [0.05, 0.1) is 27.9 Å². The van der Waals surface area contributed by atoms with Crippen molar-refractivity contribution in [3.63, 3.8) is 0 Å². The molecule has 4 rings (SSSR count). The number of halogens is 3. The number of carbonyl (C=O) groups excluding carboxylic acids is 1. The van der Waals surface area contributed by atoms with Crippen LogP contribution in [-0.2, 0) is 19.0 Å². The Morgan fingerprint density at radius 1 is 1.31 bits per heavy atom. The van der Waals surface area contributed by atoms with E-state index < -0.39 is 17.6 Å². The standard InChI is InChI=1S/C17H12F3N3O2S/c18-17(19,20)9-2-1-3-10(6-9)25-16-12-11(14(26-16)15(21)24)5-4-8-7-22-23-13(8)12/h1-3,6-7H,4-5H2,(H2,21,24)(H,22,23). The second-order valence-electron chi connectivity index (χ2n) is 5.83. The van der Waals surface area contributed by atoms with Crippen LogP contribution in [0.4, 0.5) is 13.2 Å². The van der Waals surface area contributed by atoms with E-state index in [0.29, 0.717) is 34.0 Å².